The lowest BCUT2D eigenvalue weighted by molar-refractivity contribution is -0.113. The summed E-state index contributed by atoms with van der Waals surface area (Å²) >= 11 is 10.6. The van der Waals surface area contributed by atoms with Gasteiger partial charge >= 0.3 is 0 Å². The summed E-state index contributed by atoms with van der Waals surface area (Å²) in [4.78, 5) is 25.4. The van der Waals surface area contributed by atoms with E-state index < -0.39 is 11.9 Å². The van der Waals surface area contributed by atoms with Gasteiger partial charge in [0.2, 0.25) is 5.91 Å². The summed E-state index contributed by atoms with van der Waals surface area (Å²) < 4.78 is 16.4. The summed E-state index contributed by atoms with van der Waals surface area (Å²) in [5.41, 5.74) is 0.463. The molecule has 0 bridgehead atoms. The largest absolute Gasteiger partial charge is 0.342 e. The number of anilines is 1. The first-order valence-corrected chi connectivity index (χ1v) is 13.3. The quantitative estimate of drug-likeness (QED) is 0.202. The molecule has 0 radical (unpaired) electrons. The lowest BCUT2D eigenvalue weighted by Crippen LogP contribution is -2.32. The molecule has 0 aliphatic heterocycles. The average molecular weight is 595 g/mol. The van der Waals surface area contributed by atoms with Crippen LogP contribution in [-0.4, -0.2) is 32.3 Å². The van der Waals surface area contributed by atoms with Crippen molar-refractivity contribution in [2.24, 2.45) is 5.92 Å². The van der Waals surface area contributed by atoms with Crippen molar-refractivity contribution in [2.75, 3.05) is 11.1 Å². The molecule has 36 heavy (non-hydrogen) atoms. The molecule has 190 valence electrons. The number of hydrogen-bond donors (Lipinski definition) is 2. The van der Waals surface area contributed by atoms with E-state index in [2.05, 4.69) is 43.3 Å². The predicted octanol–water partition coefficient (Wildman–Crippen LogP) is 6.27. The molecule has 3 aromatic rings. The summed E-state index contributed by atoms with van der Waals surface area (Å²) in [6.07, 6.45) is 2.30. The van der Waals surface area contributed by atoms with Gasteiger partial charge in [-0.15, -0.1) is 16.8 Å². The fourth-order valence-electron chi connectivity index (χ4n) is 3.45. The Bertz CT molecular complexity index is 1250. The standard InChI is InChI=1S/C25H26BrClFN5O2S/c1-4-11-33-23(21(12-15(2)3)30-24(35)17-7-5-6-8-18(17)27)31-32-25(33)36-14-22(34)29-20-10-9-16(26)13-19(20)28/h4-10,13,15,21H,1,11-12,14H2,2-3H3,(H,29,34)(H,30,35)/t21-/m0/s1. The van der Waals surface area contributed by atoms with Crippen molar-refractivity contribution in [1.82, 2.24) is 20.1 Å². The summed E-state index contributed by atoms with van der Waals surface area (Å²) in [7, 11) is 0. The smallest absolute Gasteiger partial charge is 0.253 e. The van der Waals surface area contributed by atoms with Crippen LogP contribution in [0, 0.1) is 11.7 Å². The zero-order chi connectivity index (χ0) is 26.2. The Hall–Kier alpha value is -2.69. The second-order valence-electron chi connectivity index (χ2n) is 8.34. The fourth-order valence-corrected chi connectivity index (χ4v) is 4.76. The van der Waals surface area contributed by atoms with E-state index in [1.165, 1.54) is 12.1 Å². The molecule has 1 aromatic heterocycles. The second kappa shape index (κ2) is 13.0. The van der Waals surface area contributed by atoms with E-state index >= 15 is 0 Å². The number of nitrogens with one attached hydrogen (secondary N) is 2. The van der Waals surface area contributed by atoms with Crippen LogP contribution in [-0.2, 0) is 11.3 Å². The Morgan fingerprint density at radius 3 is 2.67 bits per heavy atom. The molecule has 0 saturated carbocycles. The summed E-state index contributed by atoms with van der Waals surface area (Å²) in [6, 6.07) is 10.8. The first-order valence-electron chi connectivity index (χ1n) is 11.2. The van der Waals surface area contributed by atoms with Crippen molar-refractivity contribution in [3.05, 3.63) is 81.8 Å². The third-order valence-electron chi connectivity index (χ3n) is 5.04. The number of aromatic nitrogens is 3. The average Bonchev–Trinajstić information content (AvgIpc) is 3.22. The molecule has 0 fully saturated rings. The van der Waals surface area contributed by atoms with Crippen molar-refractivity contribution >= 4 is 56.8 Å². The number of allylic oxidation sites excluding steroid dienone is 1. The van der Waals surface area contributed by atoms with E-state index in [1.54, 1.807) is 36.4 Å². The van der Waals surface area contributed by atoms with Crippen LogP contribution in [0.15, 0.2) is 64.7 Å². The van der Waals surface area contributed by atoms with E-state index in [0.717, 1.165) is 11.8 Å². The number of rotatable bonds is 11. The van der Waals surface area contributed by atoms with Crippen molar-refractivity contribution in [3.8, 4) is 0 Å². The third kappa shape index (κ3) is 7.41. The number of amides is 2. The highest BCUT2D eigenvalue weighted by Gasteiger charge is 2.25. The van der Waals surface area contributed by atoms with Gasteiger partial charge in [-0.1, -0.05) is 71.3 Å². The topological polar surface area (TPSA) is 88.9 Å². The minimum Gasteiger partial charge on any atom is -0.342 e. The fraction of sp³-hybridized carbons (Fsp3) is 0.280. The van der Waals surface area contributed by atoms with Crippen LogP contribution >= 0.6 is 39.3 Å². The van der Waals surface area contributed by atoms with Gasteiger partial charge in [-0.25, -0.2) is 4.39 Å². The normalized spacial score (nSPS) is 11.8. The van der Waals surface area contributed by atoms with E-state index in [4.69, 9.17) is 11.6 Å². The zero-order valence-corrected chi connectivity index (χ0v) is 23.0. The minimum atomic E-state index is -0.536. The van der Waals surface area contributed by atoms with Gasteiger partial charge in [0.1, 0.15) is 5.82 Å². The molecular formula is C25H26BrClFN5O2S. The molecular weight excluding hydrogens is 569 g/mol. The van der Waals surface area contributed by atoms with Crippen LogP contribution in [0.1, 0.15) is 42.5 Å². The Labute approximate surface area is 227 Å². The van der Waals surface area contributed by atoms with Gasteiger partial charge < -0.3 is 15.2 Å². The van der Waals surface area contributed by atoms with Crippen LogP contribution in [0.2, 0.25) is 5.02 Å². The van der Waals surface area contributed by atoms with Crippen LogP contribution in [0.5, 0.6) is 0 Å². The van der Waals surface area contributed by atoms with Gasteiger partial charge in [0.25, 0.3) is 5.91 Å². The van der Waals surface area contributed by atoms with Gasteiger partial charge in [0, 0.05) is 11.0 Å². The Morgan fingerprint density at radius 1 is 1.25 bits per heavy atom. The van der Waals surface area contributed by atoms with E-state index in [1.807, 2.05) is 18.4 Å². The number of thioether (sulfide) groups is 1. The van der Waals surface area contributed by atoms with Gasteiger partial charge in [-0.2, -0.15) is 0 Å². The van der Waals surface area contributed by atoms with Crippen molar-refractivity contribution in [1.29, 1.82) is 0 Å². The van der Waals surface area contributed by atoms with Crippen molar-refractivity contribution < 1.29 is 14.0 Å². The van der Waals surface area contributed by atoms with E-state index in [0.29, 0.717) is 39.0 Å². The molecule has 0 spiro atoms. The molecule has 11 heteroatoms. The Morgan fingerprint density at radius 2 is 2.00 bits per heavy atom. The molecule has 2 aromatic carbocycles. The van der Waals surface area contributed by atoms with Crippen LogP contribution in [0.3, 0.4) is 0 Å². The summed E-state index contributed by atoms with van der Waals surface area (Å²) in [5, 5.41) is 15.0. The molecule has 0 unspecified atom stereocenters. The first kappa shape index (κ1) is 27.9. The number of carbonyl (C=O) groups is 2. The molecule has 3 rings (SSSR count). The lowest BCUT2D eigenvalue weighted by atomic mass is 10.0. The zero-order valence-electron chi connectivity index (χ0n) is 19.8. The van der Waals surface area contributed by atoms with Crippen LogP contribution in [0.4, 0.5) is 10.1 Å². The number of carbonyl (C=O) groups excluding carboxylic acids is 2. The first-order chi connectivity index (χ1) is 17.2. The maximum atomic E-state index is 14.1. The maximum absolute atomic E-state index is 14.1. The predicted molar refractivity (Wildman–Crippen MR) is 145 cm³/mol. The number of nitrogens with zero attached hydrogens (tertiary/aromatic N) is 3. The van der Waals surface area contributed by atoms with Crippen molar-refractivity contribution in [2.45, 2.75) is 38.0 Å². The molecule has 1 heterocycles. The molecule has 0 saturated heterocycles. The summed E-state index contributed by atoms with van der Waals surface area (Å²) in [5.74, 6) is -0.452. The van der Waals surface area contributed by atoms with E-state index in [9.17, 15) is 14.0 Å². The summed E-state index contributed by atoms with van der Waals surface area (Å²) in [6.45, 7) is 8.28. The van der Waals surface area contributed by atoms with E-state index in [-0.39, 0.29) is 29.2 Å². The molecule has 2 amide bonds. The molecule has 0 aliphatic rings. The second-order valence-corrected chi connectivity index (χ2v) is 10.6. The minimum absolute atomic E-state index is 0.00832. The molecule has 7 nitrogen and oxygen atoms in total. The molecule has 0 aliphatic carbocycles. The third-order valence-corrected chi connectivity index (χ3v) is 6.83. The molecule has 1 atom stereocenters. The van der Waals surface area contributed by atoms with Gasteiger partial charge in [-0.3, -0.25) is 9.59 Å². The van der Waals surface area contributed by atoms with Gasteiger partial charge in [-0.05, 0) is 42.7 Å². The Balaban J connectivity index is 1.78. The van der Waals surface area contributed by atoms with Crippen molar-refractivity contribution in [3.63, 3.8) is 0 Å². The lowest BCUT2D eigenvalue weighted by Gasteiger charge is -2.21. The molecule has 2 N–H and O–H groups in total. The van der Waals surface area contributed by atoms with Crippen LogP contribution in [0.25, 0.3) is 0 Å². The number of benzene rings is 2. The van der Waals surface area contributed by atoms with Crippen LogP contribution < -0.4 is 10.6 Å². The van der Waals surface area contributed by atoms with Gasteiger partial charge in [0.15, 0.2) is 11.0 Å². The monoisotopic (exact) mass is 593 g/mol. The maximum Gasteiger partial charge on any atom is 0.253 e. The van der Waals surface area contributed by atoms with Gasteiger partial charge in [0.05, 0.1) is 28.1 Å². The highest BCUT2D eigenvalue weighted by molar-refractivity contribution is 9.10. The Kier molecular flexibility index (Phi) is 10.1. The SMILES string of the molecule is C=CCn1c(SCC(=O)Nc2ccc(Br)cc2F)nnc1[C@H](CC(C)C)NC(=O)c1ccccc1Cl. The number of halogens is 3. The highest BCUT2D eigenvalue weighted by Crippen LogP contribution is 2.27. The number of hydrogen-bond acceptors (Lipinski definition) is 5. The highest BCUT2D eigenvalue weighted by atomic mass is 79.9.